The molecule has 15 heteroatoms. The number of imidazole rings is 1. The van der Waals surface area contributed by atoms with Gasteiger partial charge in [-0.25, -0.2) is 23.1 Å². The van der Waals surface area contributed by atoms with Crippen LogP contribution in [-0.4, -0.2) is 64.5 Å². The van der Waals surface area contributed by atoms with Gasteiger partial charge in [-0.3, -0.25) is 9.78 Å². The number of benzene rings is 2. The molecule has 0 spiro atoms. The minimum Gasteiger partial charge on any atom is -0.496 e. The summed E-state index contributed by atoms with van der Waals surface area (Å²) < 4.78 is 51.1. The van der Waals surface area contributed by atoms with Crippen LogP contribution in [0.3, 0.4) is 0 Å². The van der Waals surface area contributed by atoms with Crippen molar-refractivity contribution in [1.29, 1.82) is 0 Å². The van der Waals surface area contributed by atoms with Crippen molar-refractivity contribution >= 4 is 28.7 Å². The van der Waals surface area contributed by atoms with Crippen LogP contribution in [0.5, 0.6) is 23.1 Å². The minimum atomic E-state index is -1.02. The van der Waals surface area contributed by atoms with Crippen LogP contribution in [0.25, 0.3) is 16.9 Å². The Kier molecular flexibility index (Phi) is 9.57. The molecular formula is C26H26ClF2N5O7. The van der Waals surface area contributed by atoms with Gasteiger partial charge in [0.25, 0.3) is 5.91 Å². The molecule has 4 rings (SSSR count). The average Bonchev–Trinajstić information content (AvgIpc) is 3.30. The predicted octanol–water partition coefficient (Wildman–Crippen LogP) is 2.84. The molecule has 0 atom stereocenters. The monoisotopic (exact) mass is 593 g/mol. The number of rotatable bonds is 13. The highest BCUT2D eigenvalue weighted by atomic mass is 35.5. The molecule has 1 amide bonds. The first-order valence-electron chi connectivity index (χ1n) is 12.2. The van der Waals surface area contributed by atoms with Gasteiger partial charge in [-0.05, 0) is 18.6 Å². The Balaban J connectivity index is 1.78. The Bertz CT molecular complexity index is 1610. The summed E-state index contributed by atoms with van der Waals surface area (Å²) in [6.07, 6.45) is 0.364. The number of hydrogen-bond acceptors (Lipinski definition) is 9. The first kappa shape index (κ1) is 29.6. The van der Waals surface area contributed by atoms with Crippen molar-refractivity contribution in [1.82, 2.24) is 24.8 Å². The summed E-state index contributed by atoms with van der Waals surface area (Å²) in [5, 5.41) is 11.5. The molecule has 218 valence electrons. The van der Waals surface area contributed by atoms with Gasteiger partial charge in [-0.15, -0.1) is 0 Å². The lowest BCUT2D eigenvalue weighted by atomic mass is 10.2. The Morgan fingerprint density at radius 2 is 1.93 bits per heavy atom. The van der Waals surface area contributed by atoms with Gasteiger partial charge in [0.05, 0.1) is 30.5 Å². The number of nitrogens with one attached hydrogen (secondary N) is 2. The Labute approximate surface area is 236 Å². The zero-order valence-corrected chi connectivity index (χ0v) is 22.8. The molecule has 2 aromatic heterocycles. The van der Waals surface area contributed by atoms with Gasteiger partial charge in [-0.2, -0.15) is 4.98 Å². The SMILES string of the molecule is COc1cccc(F)c1COc1cc(-n2c(=O)[nH]c3c(OC)nc(CF)nc32)c(Cl)cc1OCC(=O)NCCCO. The first-order valence-corrected chi connectivity index (χ1v) is 12.6. The molecule has 4 aromatic rings. The van der Waals surface area contributed by atoms with Crippen molar-refractivity contribution in [2.24, 2.45) is 0 Å². The maximum atomic E-state index is 14.6. The second-order valence-electron chi connectivity index (χ2n) is 8.42. The fraction of sp³-hybridized carbons (Fsp3) is 0.308. The summed E-state index contributed by atoms with van der Waals surface area (Å²) in [6.45, 7) is -1.62. The van der Waals surface area contributed by atoms with Crippen molar-refractivity contribution in [3.05, 3.63) is 63.0 Å². The number of ether oxygens (including phenoxy) is 4. The van der Waals surface area contributed by atoms with E-state index in [1.54, 1.807) is 6.07 Å². The topological polar surface area (TPSA) is 150 Å². The largest absolute Gasteiger partial charge is 0.496 e. The van der Waals surface area contributed by atoms with Crippen LogP contribution in [0.15, 0.2) is 35.1 Å². The van der Waals surface area contributed by atoms with Crippen molar-refractivity contribution < 1.29 is 37.6 Å². The number of hydrogen-bond donors (Lipinski definition) is 3. The Morgan fingerprint density at radius 1 is 1.15 bits per heavy atom. The molecule has 0 unspecified atom stereocenters. The van der Waals surface area contributed by atoms with Crippen LogP contribution < -0.4 is 30.0 Å². The second-order valence-corrected chi connectivity index (χ2v) is 8.83. The molecule has 0 saturated carbocycles. The van der Waals surface area contributed by atoms with E-state index in [4.69, 9.17) is 35.7 Å². The summed E-state index contributed by atoms with van der Waals surface area (Å²) in [6, 6.07) is 6.93. The van der Waals surface area contributed by atoms with E-state index in [9.17, 15) is 18.4 Å². The van der Waals surface area contributed by atoms with Crippen molar-refractivity contribution in [2.75, 3.05) is 34.0 Å². The van der Waals surface area contributed by atoms with E-state index in [0.29, 0.717) is 6.42 Å². The summed E-state index contributed by atoms with van der Waals surface area (Å²) >= 11 is 6.55. The van der Waals surface area contributed by atoms with E-state index in [0.717, 1.165) is 4.57 Å². The number of amides is 1. The summed E-state index contributed by atoms with van der Waals surface area (Å²) in [7, 11) is 2.69. The third kappa shape index (κ3) is 6.49. The maximum absolute atomic E-state index is 14.6. The molecule has 12 nitrogen and oxygen atoms in total. The lowest BCUT2D eigenvalue weighted by molar-refractivity contribution is -0.123. The van der Waals surface area contributed by atoms with Gasteiger partial charge in [0, 0.05) is 25.3 Å². The van der Waals surface area contributed by atoms with E-state index >= 15 is 0 Å². The van der Waals surface area contributed by atoms with Crippen LogP contribution in [0, 0.1) is 5.82 Å². The standard InChI is InChI=1S/C26H26ClF2N5O7/c1-38-18-6-3-5-16(29)14(18)12-40-20-10-17(15(27)9-19(20)41-13-22(36)30-7-4-8-35)34-24-23(33-26(34)37)25(39-2)32-21(11-28)31-24/h3,5-6,9-10,35H,4,7-8,11-13H2,1-2H3,(H,30,36)(H,33,37). The number of carbonyl (C=O) groups excluding carboxylic acids is 1. The minimum absolute atomic E-state index is 0.00847. The quantitative estimate of drug-likeness (QED) is 0.199. The van der Waals surface area contributed by atoms with Gasteiger partial charge in [0.15, 0.2) is 29.6 Å². The molecule has 0 saturated heterocycles. The van der Waals surface area contributed by atoms with Crippen LogP contribution in [0.4, 0.5) is 8.78 Å². The number of fused-ring (bicyclic) bond motifs is 1. The number of carbonyl (C=O) groups is 1. The van der Waals surface area contributed by atoms with Crippen LogP contribution in [0.1, 0.15) is 17.8 Å². The summed E-state index contributed by atoms with van der Waals surface area (Å²) in [5.41, 5.74) is -0.444. The molecule has 3 N–H and O–H groups in total. The lowest BCUT2D eigenvalue weighted by Gasteiger charge is -2.17. The number of aromatic nitrogens is 4. The third-order valence-electron chi connectivity index (χ3n) is 5.80. The Morgan fingerprint density at radius 3 is 2.63 bits per heavy atom. The van der Waals surface area contributed by atoms with Gasteiger partial charge in [0.1, 0.15) is 30.4 Å². The maximum Gasteiger partial charge on any atom is 0.332 e. The fourth-order valence-corrected chi connectivity index (χ4v) is 4.11. The number of halogens is 3. The van der Waals surface area contributed by atoms with Gasteiger partial charge in [0.2, 0.25) is 5.88 Å². The smallest absolute Gasteiger partial charge is 0.332 e. The molecule has 2 heterocycles. The fourth-order valence-electron chi connectivity index (χ4n) is 3.88. The molecular weight excluding hydrogens is 568 g/mol. The molecule has 2 aromatic carbocycles. The van der Waals surface area contributed by atoms with E-state index in [1.165, 1.54) is 38.5 Å². The van der Waals surface area contributed by atoms with Crippen LogP contribution in [0.2, 0.25) is 5.02 Å². The van der Waals surface area contributed by atoms with E-state index < -0.39 is 30.7 Å². The van der Waals surface area contributed by atoms with Crippen LogP contribution in [-0.2, 0) is 18.1 Å². The average molecular weight is 594 g/mol. The highest BCUT2D eigenvalue weighted by molar-refractivity contribution is 6.32. The van der Waals surface area contributed by atoms with Crippen LogP contribution >= 0.6 is 11.6 Å². The highest BCUT2D eigenvalue weighted by Crippen LogP contribution is 2.37. The van der Waals surface area contributed by atoms with E-state index in [-0.39, 0.29) is 76.1 Å². The van der Waals surface area contributed by atoms with Crippen molar-refractivity contribution in [2.45, 2.75) is 19.7 Å². The van der Waals surface area contributed by atoms with Gasteiger partial charge < -0.3 is 29.4 Å². The molecule has 0 bridgehead atoms. The highest BCUT2D eigenvalue weighted by Gasteiger charge is 2.22. The van der Waals surface area contributed by atoms with Gasteiger partial charge >= 0.3 is 5.69 Å². The lowest BCUT2D eigenvalue weighted by Crippen LogP contribution is -2.30. The zero-order chi connectivity index (χ0) is 29.5. The van der Waals surface area contributed by atoms with E-state index in [2.05, 4.69) is 20.3 Å². The van der Waals surface area contributed by atoms with E-state index in [1.807, 2.05) is 0 Å². The first-order chi connectivity index (χ1) is 19.8. The molecule has 0 fully saturated rings. The number of alkyl halides is 1. The number of nitrogens with zero attached hydrogens (tertiary/aromatic N) is 3. The summed E-state index contributed by atoms with van der Waals surface area (Å²) in [5.74, 6) is -1.10. The second kappa shape index (κ2) is 13.3. The number of aromatic amines is 1. The number of methoxy groups -OCH3 is 2. The Hall–Kier alpha value is -4.43. The van der Waals surface area contributed by atoms with Crippen molar-refractivity contribution in [3.8, 4) is 28.8 Å². The molecule has 0 aliphatic carbocycles. The third-order valence-corrected chi connectivity index (χ3v) is 6.10. The molecule has 0 radical (unpaired) electrons. The molecule has 41 heavy (non-hydrogen) atoms. The molecule has 0 aliphatic heterocycles. The number of H-pyrrole nitrogens is 1. The number of aliphatic hydroxyl groups excluding tert-OH is 1. The predicted molar refractivity (Wildman–Crippen MR) is 143 cm³/mol. The van der Waals surface area contributed by atoms with Crippen molar-refractivity contribution in [3.63, 3.8) is 0 Å². The zero-order valence-electron chi connectivity index (χ0n) is 22.0. The number of aliphatic hydroxyl groups is 1. The van der Waals surface area contributed by atoms with Gasteiger partial charge in [-0.1, -0.05) is 17.7 Å². The summed E-state index contributed by atoms with van der Waals surface area (Å²) in [4.78, 5) is 35.8. The normalized spacial score (nSPS) is 11.0. The molecule has 0 aliphatic rings.